The minimum absolute atomic E-state index is 0.0573. The molecule has 13 heavy (non-hydrogen) atoms. The zero-order valence-electron chi connectivity index (χ0n) is 7.24. The quantitative estimate of drug-likeness (QED) is 0.751. The zero-order valence-corrected chi connectivity index (χ0v) is 8.06. The number of aromatic carboxylic acids is 1. The van der Waals surface area contributed by atoms with Gasteiger partial charge >= 0.3 is 5.97 Å². The molecule has 3 nitrogen and oxygen atoms in total. The summed E-state index contributed by atoms with van der Waals surface area (Å²) in [5.74, 6) is -0.827. The largest absolute Gasteiger partial charge is 0.478 e. The Morgan fingerprint density at radius 2 is 2.54 bits per heavy atom. The van der Waals surface area contributed by atoms with Crippen molar-refractivity contribution in [1.82, 2.24) is 0 Å². The van der Waals surface area contributed by atoms with Gasteiger partial charge in [0.25, 0.3) is 0 Å². The van der Waals surface area contributed by atoms with Gasteiger partial charge in [0.2, 0.25) is 0 Å². The summed E-state index contributed by atoms with van der Waals surface area (Å²) in [5, 5.41) is 10.6. The molecule has 0 aliphatic carbocycles. The number of carboxylic acids is 1. The van der Waals surface area contributed by atoms with Crippen molar-refractivity contribution < 1.29 is 14.6 Å². The van der Waals surface area contributed by atoms with Gasteiger partial charge in [-0.05, 0) is 18.9 Å². The van der Waals surface area contributed by atoms with Crippen molar-refractivity contribution in [1.29, 1.82) is 0 Å². The molecule has 1 aliphatic heterocycles. The van der Waals surface area contributed by atoms with Crippen molar-refractivity contribution >= 4 is 17.3 Å². The Hall–Kier alpha value is -0.870. The molecular formula is C9H10O3S. The van der Waals surface area contributed by atoms with Crippen molar-refractivity contribution in [2.45, 2.75) is 19.4 Å². The molecule has 4 heteroatoms. The highest BCUT2D eigenvalue weighted by atomic mass is 32.1. The number of ether oxygens (including phenoxy) is 1. The lowest BCUT2D eigenvalue weighted by atomic mass is 10.0. The average molecular weight is 198 g/mol. The summed E-state index contributed by atoms with van der Waals surface area (Å²) in [6.45, 7) is 2.59. The van der Waals surface area contributed by atoms with Gasteiger partial charge in [0.05, 0.1) is 18.3 Å². The van der Waals surface area contributed by atoms with Gasteiger partial charge in [-0.2, -0.15) is 0 Å². The van der Waals surface area contributed by atoms with Crippen LogP contribution in [0.25, 0.3) is 0 Å². The summed E-state index contributed by atoms with van der Waals surface area (Å²) in [5.41, 5.74) is 1.42. The number of fused-ring (bicyclic) bond motifs is 1. The van der Waals surface area contributed by atoms with E-state index >= 15 is 0 Å². The molecule has 1 N–H and O–H groups in total. The van der Waals surface area contributed by atoms with E-state index in [1.54, 1.807) is 5.38 Å². The lowest BCUT2D eigenvalue weighted by Gasteiger charge is -2.19. The van der Waals surface area contributed by atoms with Crippen molar-refractivity contribution in [3.8, 4) is 0 Å². The van der Waals surface area contributed by atoms with E-state index in [2.05, 4.69) is 0 Å². The molecule has 1 aromatic heterocycles. The first-order chi connectivity index (χ1) is 6.20. The first kappa shape index (κ1) is 8.72. The van der Waals surface area contributed by atoms with Crippen molar-refractivity contribution in [3.63, 3.8) is 0 Å². The average Bonchev–Trinajstić information content (AvgIpc) is 2.48. The SMILES string of the molecule is CC1OCCc2c(C(=O)O)csc21. The molecule has 70 valence electrons. The van der Waals surface area contributed by atoms with Crippen LogP contribution in [0.2, 0.25) is 0 Å². The molecule has 0 saturated heterocycles. The maximum Gasteiger partial charge on any atom is 0.336 e. The fourth-order valence-corrected chi connectivity index (χ4v) is 2.69. The summed E-state index contributed by atoms with van der Waals surface area (Å²) in [4.78, 5) is 11.9. The van der Waals surface area contributed by atoms with E-state index in [4.69, 9.17) is 9.84 Å². The third-order valence-electron chi connectivity index (χ3n) is 2.25. The number of thiophene rings is 1. The highest BCUT2D eigenvalue weighted by Crippen LogP contribution is 2.34. The number of carboxylic acid groups (broad SMARTS) is 1. The first-order valence-corrected chi connectivity index (χ1v) is 5.03. The summed E-state index contributed by atoms with van der Waals surface area (Å²) in [7, 11) is 0. The molecule has 0 amide bonds. The molecule has 0 bridgehead atoms. The summed E-state index contributed by atoms with van der Waals surface area (Å²) in [6, 6.07) is 0. The normalized spacial score (nSPS) is 21.2. The molecule has 0 aromatic carbocycles. The van der Waals surface area contributed by atoms with Crippen LogP contribution in [0.4, 0.5) is 0 Å². The summed E-state index contributed by atoms with van der Waals surface area (Å²) >= 11 is 1.48. The maximum absolute atomic E-state index is 10.8. The van der Waals surface area contributed by atoms with Gasteiger partial charge in [0.15, 0.2) is 0 Å². The fourth-order valence-electron chi connectivity index (χ4n) is 1.59. The van der Waals surface area contributed by atoms with Crippen LogP contribution >= 0.6 is 11.3 Å². The second-order valence-electron chi connectivity index (χ2n) is 3.06. The van der Waals surface area contributed by atoms with E-state index < -0.39 is 5.97 Å². The molecule has 0 spiro atoms. The fraction of sp³-hybridized carbons (Fsp3) is 0.444. The topological polar surface area (TPSA) is 46.5 Å². The minimum atomic E-state index is -0.827. The lowest BCUT2D eigenvalue weighted by molar-refractivity contribution is 0.0572. The van der Waals surface area contributed by atoms with Crippen molar-refractivity contribution in [3.05, 3.63) is 21.4 Å². The second-order valence-corrected chi connectivity index (χ2v) is 3.97. The first-order valence-electron chi connectivity index (χ1n) is 4.15. The van der Waals surface area contributed by atoms with E-state index in [-0.39, 0.29) is 6.10 Å². The molecule has 1 aromatic rings. The van der Waals surface area contributed by atoms with E-state index in [1.807, 2.05) is 6.92 Å². The van der Waals surface area contributed by atoms with Gasteiger partial charge in [-0.1, -0.05) is 0 Å². The van der Waals surface area contributed by atoms with E-state index in [0.29, 0.717) is 12.2 Å². The number of carbonyl (C=O) groups is 1. The van der Waals surface area contributed by atoms with Gasteiger partial charge in [-0.15, -0.1) is 11.3 Å². The van der Waals surface area contributed by atoms with Crippen LogP contribution in [0.5, 0.6) is 0 Å². The monoisotopic (exact) mass is 198 g/mol. The van der Waals surface area contributed by atoms with Gasteiger partial charge in [-0.25, -0.2) is 4.79 Å². The van der Waals surface area contributed by atoms with E-state index in [1.165, 1.54) is 11.3 Å². The summed E-state index contributed by atoms with van der Waals surface area (Å²) < 4.78 is 5.41. The van der Waals surface area contributed by atoms with Crippen LogP contribution in [0.15, 0.2) is 5.38 Å². The lowest BCUT2D eigenvalue weighted by Crippen LogP contribution is -2.13. The van der Waals surface area contributed by atoms with Crippen LogP contribution in [-0.2, 0) is 11.2 Å². The molecule has 0 radical (unpaired) electrons. The van der Waals surface area contributed by atoms with E-state index in [0.717, 1.165) is 16.9 Å². The van der Waals surface area contributed by atoms with Gasteiger partial charge < -0.3 is 9.84 Å². The molecular weight excluding hydrogens is 188 g/mol. The predicted octanol–water partition coefficient (Wildman–Crippen LogP) is 2.08. The van der Waals surface area contributed by atoms with Crippen LogP contribution < -0.4 is 0 Å². The Morgan fingerprint density at radius 3 is 3.23 bits per heavy atom. The number of hydrogen-bond acceptors (Lipinski definition) is 3. The minimum Gasteiger partial charge on any atom is -0.478 e. The molecule has 1 aliphatic rings. The Balaban J connectivity index is 2.47. The third-order valence-corrected chi connectivity index (χ3v) is 3.43. The highest BCUT2D eigenvalue weighted by Gasteiger charge is 2.24. The number of hydrogen-bond donors (Lipinski definition) is 1. The summed E-state index contributed by atoms with van der Waals surface area (Å²) in [6.07, 6.45) is 0.784. The van der Waals surface area contributed by atoms with Gasteiger partial charge in [0.1, 0.15) is 0 Å². The predicted molar refractivity (Wildman–Crippen MR) is 49.3 cm³/mol. The molecule has 0 fully saturated rings. The zero-order chi connectivity index (χ0) is 9.42. The van der Waals surface area contributed by atoms with Gasteiger partial charge in [0, 0.05) is 10.3 Å². The Morgan fingerprint density at radius 1 is 1.77 bits per heavy atom. The van der Waals surface area contributed by atoms with Crippen LogP contribution in [0.3, 0.4) is 0 Å². The second kappa shape index (κ2) is 3.12. The number of rotatable bonds is 1. The van der Waals surface area contributed by atoms with Crippen LogP contribution in [0.1, 0.15) is 33.8 Å². The molecule has 1 unspecified atom stereocenters. The standard InChI is InChI=1S/C9H10O3S/c1-5-8-6(2-3-12-5)7(4-13-8)9(10)11/h4-5H,2-3H2,1H3,(H,10,11). The van der Waals surface area contributed by atoms with Crippen LogP contribution in [-0.4, -0.2) is 17.7 Å². The molecule has 0 saturated carbocycles. The van der Waals surface area contributed by atoms with E-state index in [9.17, 15) is 4.79 Å². The van der Waals surface area contributed by atoms with Crippen LogP contribution in [0, 0.1) is 0 Å². The van der Waals surface area contributed by atoms with Crippen molar-refractivity contribution in [2.24, 2.45) is 0 Å². The third kappa shape index (κ3) is 1.36. The van der Waals surface area contributed by atoms with Gasteiger partial charge in [-0.3, -0.25) is 0 Å². The smallest absolute Gasteiger partial charge is 0.336 e. The maximum atomic E-state index is 10.8. The molecule has 2 rings (SSSR count). The molecule has 1 atom stereocenters. The Bertz CT molecular complexity index is 343. The van der Waals surface area contributed by atoms with Crippen molar-refractivity contribution in [2.75, 3.05) is 6.61 Å². The Kier molecular flexibility index (Phi) is 2.09. The Labute approximate surface area is 80.0 Å². The highest BCUT2D eigenvalue weighted by molar-refractivity contribution is 7.10. The molecule has 2 heterocycles.